The first-order valence-electron chi connectivity index (χ1n) is 4.59. The lowest BCUT2D eigenvalue weighted by atomic mass is 10.1. The Morgan fingerprint density at radius 1 is 0.647 bits per heavy atom. The summed E-state index contributed by atoms with van der Waals surface area (Å²) >= 11 is 17.7. The van der Waals surface area contributed by atoms with Crippen molar-refractivity contribution in [1.82, 2.24) is 0 Å². The van der Waals surface area contributed by atoms with Crippen LogP contribution in [0.25, 0.3) is 11.1 Å². The molecule has 0 amide bonds. The second-order valence-electron chi connectivity index (χ2n) is 3.35. The highest BCUT2D eigenvalue weighted by atomic mass is 79.9. The van der Waals surface area contributed by atoms with Gasteiger partial charge in [-0.25, -0.2) is 0 Å². The van der Waals surface area contributed by atoms with Crippen LogP contribution in [0.15, 0.2) is 52.7 Å². The van der Waals surface area contributed by atoms with Crippen molar-refractivity contribution in [2.24, 2.45) is 0 Å². The number of hydrogen-bond acceptors (Lipinski definition) is 0. The Morgan fingerprint density at radius 3 is 1.59 bits per heavy atom. The van der Waals surface area contributed by atoms with Crippen molar-refractivity contribution in [2.45, 2.75) is 0 Å². The van der Waals surface area contributed by atoms with Gasteiger partial charge in [-0.2, -0.15) is 0 Å². The van der Waals surface area contributed by atoms with Gasteiger partial charge in [0.15, 0.2) is 0 Å². The molecule has 2 rings (SSSR count). The molecule has 0 nitrogen and oxygen atoms in total. The first kappa shape index (κ1) is 14.3. The molecule has 0 spiro atoms. The van der Waals surface area contributed by atoms with E-state index in [-0.39, 0.29) is 0 Å². The topological polar surface area (TPSA) is 0 Å². The highest BCUT2D eigenvalue weighted by Gasteiger charge is 2.11. The summed E-state index contributed by atoms with van der Waals surface area (Å²) in [6, 6.07) is 10.2. The minimum atomic E-state index is 1.02. The van der Waals surface area contributed by atoms with E-state index in [1.54, 1.807) is 0 Å². The quantitative estimate of drug-likeness (QED) is 0.332. The van der Waals surface area contributed by atoms with E-state index in [0.29, 0.717) is 0 Å². The predicted molar refractivity (Wildman–Crippen MR) is 90.4 cm³/mol. The molecule has 0 aromatic heterocycles. The third-order valence-corrected chi connectivity index (χ3v) is 6.73. The fourth-order valence-electron chi connectivity index (χ4n) is 1.47. The van der Waals surface area contributed by atoms with Gasteiger partial charge in [-0.05, 0) is 77.6 Å². The number of halogens is 5. The Hall–Kier alpha value is 0.840. The molecule has 0 bridgehead atoms. The van der Waals surface area contributed by atoms with Gasteiger partial charge >= 0.3 is 0 Å². The van der Waals surface area contributed by atoms with Crippen LogP contribution in [-0.4, -0.2) is 0 Å². The summed E-state index contributed by atoms with van der Waals surface area (Å²) in [5, 5.41) is 0. The van der Waals surface area contributed by atoms with Crippen LogP contribution >= 0.6 is 79.6 Å². The monoisotopic (exact) mass is 544 g/mol. The van der Waals surface area contributed by atoms with Crippen LogP contribution in [0.5, 0.6) is 0 Å². The minimum Gasteiger partial charge on any atom is -0.0600 e. The lowest BCUT2D eigenvalue weighted by molar-refractivity contribution is 1.49. The van der Waals surface area contributed by atoms with E-state index >= 15 is 0 Å². The van der Waals surface area contributed by atoms with Crippen LogP contribution in [0.3, 0.4) is 0 Å². The molecule has 5 heteroatoms. The maximum atomic E-state index is 3.58. The molecule has 0 fully saturated rings. The van der Waals surface area contributed by atoms with Gasteiger partial charge < -0.3 is 0 Å². The van der Waals surface area contributed by atoms with Crippen molar-refractivity contribution in [3.63, 3.8) is 0 Å². The molecule has 2 aromatic carbocycles. The SMILES string of the molecule is Brc1cc(-c2c(Br)cccc2Br)cc(Br)c1Br. The van der Waals surface area contributed by atoms with Gasteiger partial charge in [0.1, 0.15) is 0 Å². The Morgan fingerprint density at radius 2 is 1.12 bits per heavy atom. The summed E-state index contributed by atoms with van der Waals surface area (Å²) in [4.78, 5) is 0. The molecule has 0 aliphatic rings. The van der Waals surface area contributed by atoms with Gasteiger partial charge in [0, 0.05) is 27.9 Å². The van der Waals surface area contributed by atoms with Crippen LogP contribution in [-0.2, 0) is 0 Å². The van der Waals surface area contributed by atoms with Crippen LogP contribution in [0, 0.1) is 0 Å². The molecular formula is C12H5Br5. The summed E-state index contributed by atoms with van der Waals surface area (Å²) in [6.07, 6.45) is 0. The third kappa shape index (κ3) is 3.06. The maximum absolute atomic E-state index is 3.58. The number of hydrogen-bond donors (Lipinski definition) is 0. The summed E-state index contributed by atoms with van der Waals surface area (Å²) in [7, 11) is 0. The normalized spacial score (nSPS) is 10.6. The molecule has 0 N–H and O–H groups in total. The Balaban J connectivity index is 2.69. The van der Waals surface area contributed by atoms with Gasteiger partial charge in [0.05, 0.1) is 0 Å². The van der Waals surface area contributed by atoms with Crippen molar-refractivity contribution in [2.75, 3.05) is 0 Å². The van der Waals surface area contributed by atoms with Crippen molar-refractivity contribution in [1.29, 1.82) is 0 Å². The van der Waals surface area contributed by atoms with E-state index in [9.17, 15) is 0 Å². The van der Waals surface area contributed by atoms with Crippen molar-refractivity contribution in [3.05, 3.63) is 52.7 Å². The van der Waals surface area contributed by atoms with Crippen LogP contribution in [0.4, 0.5) is 0 Å². The zero-order chi connectivity index (χ0) is 12.6. The van der Waals surface area contributed by atoms with Crippen molar-refractivity contribution in [3.8, 4) is 11.1 Å². The fourth-order valence-corrected chi connectivity index (χ4v) is 4.35. The van der Waals surface area contributed by atoms with E-state index in [4.69, 9.17) is 0 Å². The molecule has 88 valence electrons. The van der Waals surface area contributed by atoms with E-state index in [0.717, 1.165) is 33.5 Å². The van der Waals surface area contributed by atoms with E-state index in [1.165, 1.54) is 0 Å². The first-order chi connectivity index (χ1) is 8.00. The summed E-state index contributed by atoms with van der Waals surface area (Å²) in [6.45, 7) is 0. The zero-order valence-electron chi connectivity index (χ0n) is 8.28. The molecule has 0 heterocycles. The molecule has 17 heavy (non-hydrogen) atoms. The summed E-state index contributed by atoms with van der Waals surface area (Å²) in [5.41, 5.74) is 2.27. The molecule has 0 saturated carbocycles. The number of rotatable bonds is 1. The molecule has 0 aliphatic heterocycles. The molecule has 0 aliphatic carbocycles. The molecule has 0 atom stereocenters. The average molecular weight is 549 g/mol. The molecule has 0 unspecified atom stereocenters. The second kappa shape index (κ2) is 5.87. The second-order valence-corrected chi connectivity index (χ2v) is 7.56. The van der Waals surface area contributed by atoms with Crippen molar-refractivity contribution >= 4 is 79.6 Å². The van der Waals surface area contributed by atoms with Gasteiger partial charge in [0.2, 0.25) is 0 Å². The van der Waals surface area contributed by atoms with Crippen molar-refractivity contribution < 1.29 is 0 Å². The zero-order valence-corrected chi connectivity index (χ0v) is 16.2. The first-order valence-corrected chi connectivity index (χ1v) is 8.56. The lowest BCUT2D eigenvalue weighted by Gasteiger charge is -2.10. The Bertz CT molecular complexity index is 534. The van der Waals surface area contributed by atoms with Gasteiger partial charge in [-0.3, -0.25) is 0 Å². The molecular weight excluding hydrogens is 544 g/mol. The van der Waals surface area contributed by atoms with Gasteiger partial charge in [0.25, 0.3) is 0 Å². The van der Waals surface area contributed by atoms with Gasteiger partial charge in [-0.1, -0.05) is 37.9 Å². The largest absolute Gasteiger partial charge is 0.0600 e. The summed E-state index contributed by atoms with van der Waals surface area (Å²) in [5.74, 6) is 0. The average Bonchev–Trinajstić information content (AvgIpc) is 2.25. The molecule has 0 radical (unpaired) electrons. The highest BCUT2D eigenvalue weighted by molar-refractivity contribution is 9.14. The van der Waals surface area contributed by atoms with Crippen LogP contribution < -0.4 is 0 Å². The molecule has 2 aromatic rings. The van der Waals surface area contributed by atoms with Crippen LogP contribution in [0.1, 0.15) is 0 Å². The van der Waals surface area contributed by atoms with E-state index in [2.05, 4.69) is 91.8 Å². The smallest absolute Gasteiger partial charge is 0.0459 e. The fraction of sp³-hybridized carbons (Fsp3) is 0. The van der Waals surface area contributed by atoms with Gasteiger partial charge in [-0.15, -0.1) is 0 Å². The Labute approximate surface area is 142 Å². The summed E-state index contributed by atoms with van der Waals surface area (Å²) < 4.78 is 5.18. The predicted octanol–water partition coefficient (Wildman–Crippen LogP) is 7.17. The standard InChI is InChI=1S/C12H5Br5/c13-7-2-1-3-8(14)11(7)6-4-9(15)12(17)10(16)5-6/h1-5H. The number of benzene rings is 2. The Kier molecular flexibility index (Phi) is 4.92. The van der Waals surface area contributed by atoms with E-state index < -0.39 is 0 Å². The van der Waals surface area contributed by atoms with Crippen LogP contribution in [0.2, 0.25) is 0 Å². The maximum Gasteiger partial charge on any atom is 0.0459 e. The highest BCUT2D eigenvalue weighted by Crippen LogP contribution is 2.40. The molecule has 0 saturated heterocycles. The van der Waals surface area contributed by atoms with E-state index in [1.807, 2.05) is 18.2 Å². The minimum absolute atomic E-state index is 1.02. The third-order valence-electron chi connectivity index (χ3n) is 2.24. The lowest BCUT2D eigenvalue weighted by Crippen LogP contribution is -1.84.